The number of rotatable bonds is 5. The highest BCUT2D eigenvalue weighted by Gasteiger charge is 2.31. The first-order chi connectivity index (χ1) is 12.4. The Morgan fingerprint density at radius 1 is 1.23 bits per heavy atom. The van der Waals surface area contributed by atoms with E-state index in [1.165, 1.54) is 0 Å². The van der Waals surface area contributed by atoms with E-state index in [1.807, 2.05) is 6.07 Å². The molecule has 0 spiro atoms. The van der Waals surface area contributed by atoms with E-state index in [4.69, 9.17) is 11.6 Å². The van der Waals surface area contributed by atoms with E-state index in [0.717, 1.165) is 24.0 Å². The first-order valence-corrected chi connectivity index (χ1v) is 8.45. The Labute approximate surface area is 156 Å². The maximum Gasteiger partial charge on any atom is 0.417 e. The lowest BCUT2D eigenvalue weighted by Gasteiger charge is -2.10. The molecule has 0 aliphatic carbocycles. The summed E-state index contributed by atoms with van der Waals surface area (Å²) in [7, 11) is 0. The van der Waals surface area contributed by atoms with Gasteiger partial charge in [-0.3, -0.25) is 9.55 Å². The second-order valence-electron chi connectivity index (χ2n) is 5.03. The molecule has 3 rings (SSSR count). The van der Waals surface area contributed by atoms with Gasteiger partial charge in [-0.1, -0.05) is 23.7 Å². The van der Waals surface area contributed by atoms with Crippen LogP contribution in [0.15, 0.2) is 59.5 Å². The van der Waals surface area contributed by atoms with Crippen molar-refractivity contribution >= 4 is 23.4 Å². The van der Waals surface area contributed by atoms with Gasteiger partial charge in [0, 0.05) is 18.9 Å². The minimum Gasteiger partial charge on any atom is -0.297 e. The van der Waals surface area contributed by atoms with Crippen molar-refractivity contribution in [2.24, 2.45) is 0 Å². The van der Waals surface area contributed by atoms with E-state index in [2.05, 4.69) is 26.7 Å². The summed E-state index contributed by atoms with van der Waals surface area (Å²) in [6, 6.07) is 6.21. The van der Waals surface area contributed by atoms with E-state index in [0.29, 0.717) is 23.2 Å². The summed E-state index contributed by atoms with van der Waals surface area (Å²) in [5.41, 5.74) is -0.297. The molecule has 0 saturated heterocycles. The number of alkyl halides is 3. The van der Waals surface area contributed by atoms with Crippen LogP contribution in [0.5, 0.6) is 0 Å². The molecule has 26 heavy (non-hydrogen) atoms. The number of nitrogens with zero attached hydrogens (tertiary/aromatic N) is 5. The van der Waals surface area contributed by atoms with Gasteiger partial charge in [0.2, 0.25) is 0 Å². The van der Waals surface area contributed by atoms with E-state index in [9.17, 15) is 13.2 Å². The van der Waals surface area contributed by atoms with Crippen LogP contribution in [-0.4, -0.2) is 24.7 Å². The Bertz CT molecular complexity index is 927. The Kier molecular flexibility index (Phi) is 5.28. The van der Waals surface area contributed by atoms with Gasteiger partial charge >= 0.3 is 6.18 Å². The van der Waals surface area contributed by atoms with Gasteiger partial charge in [-0.25, -0.2) is 4.98 Å². The van der Waals surface area contributed by atoms with E-state index < -0.39 is 11.7 Å². The van der Waals surface area contributed by atoms with Crippen LogP contribution >= 0.6 is 23.4 Å². The number of pyridine rings is 2. The van der Waals surface area contributed by atoms with Crippen LogP contribution in [0.2, 0.25) is 5.02 Å². The molecule has 0 aromatic carbocycles. The van der Waals surface area contributed by atoms with Crippen molar-refractivity contribution in [2.45, 2.75) is 22.9 Å². The van der Waals surface area contributed by atoms with Gasteiger partial charge < -0.3 is 0 Å². The molecule has 0 fully saturated rings. The quantitative estimate of drug-likeness (QED) is 0.582. The average molecular weight is 398 g/mol. The zero-order valence-electron chi connectivity index (χ0n) is 13.1. The third-order valence-corrected chi connectivity index (χ3v) is 4.65. The van der Waals surface area contributed by atoms with Crippen LogP contribution < -0.4 is 0 Å². The Hall–Kier alpha value is -2.39. The Balaban J connectivity index is 1.96. The fraction of sp³-hybridized carbons (Fsp3) is 0.125. The third-order valence-electron chi connectivity index (χ3n) is 3.25. The third kappa shape index (κ3) is 3.88. The summed E-state index contributed by atoms with van der Waals surface area (Å²) in [5, 5.41) is 8.71. The minimum absolute atomic E-state index is 0.114. The molecule has 0 saturated carbocycles. The van der Waals surface area contributed by atoms with Crippen molar-refractivity contribution in [3.05, 3.63) is 59.9 Å². The zero-order chi connectivity index (χ0) is 18.7. The normalized spacial score (nSPS) is 11.5. The second kappa shape index (κ2) is 7.46. The number of aromatic nitrogens is 5. The van der Waals surface area contributed by atoms with Gasteiger partial charge in [0.25, 0.3) is 0 Å². The van der Waals surface area contributed by atoms with Crippen molar-refractivity contribution in [1.29, 1.82) is 0 Å². The summed E-state index contributed by atoms with van der Waals surface area (Å²) < 4.78 is 39.9. The second-order valence-corrected chi connectivity index (χ2v) is 6.39. The summed E-state index contributed by atoms with van der Waals surface area (Å²) in [5.74, 6) is 0.510. The first kappa shape index (κ1) is 18.4. The molecular weight excluding hydrogens is 387 g/mol. The number of halogens is 4. The molecule has 0 aliphatic rings. The van der Waals surface area contributed by atoms with Crippen molar-refractivity contribution in [1.82, 2.24) is 24.7 Å². The van der Waals surface area contributed by atoms with Crippen LogP contribution in [0.1, 0.15) is 5.56 Å². The molecule has 3 aromatic heterocycles. The molecule has 0 amide bonds. The SMILES string of the molecule is C=CCn1c(Sc2ncc(C(F)(F)F)cc2Cl)nnc1-c1ccccn1. The van der Waals surface area contributed by atoms with Crippen molar-refractivity contribution < 1.29 is 13.2 Å². The number of hydrogen-bond donors (Lipinski definition) is 0. The number of allylic oxidation sites excluding steroid dienone is 1. The Morgan fingerprint density at radius 3 is 2.65 bits per heavy atom. The first-order valence-electron chi connectivity index (χ1n) is 7.26. The summed E-state index contributed by atoms with van der Waals surface area (Å²) >= 11 is 6.98. The van der Waals surface area contributed by atoms with Crippen molar-refractivity contribution in [3.63, 3.8) is 0 Å². The van der Waals surface area contributed by atoms with Crippen LogP contribution in [-0.2, 0) is 12.7 Å². The Morgan fingerprint density at radius 2 is 2.04 bits per heavy atom. The lowest BCUT2D eigenvalue weighted by Crippen LogP contribution is -2.06. The van der Waals surface area contributed by atoms with Gasteiger partial charge in [-0.05, 0) is 30.0 Å². The molecule has 0 atom stereocenters. The molecule has 0 aliphatic heterocycles. The van der Waals surface area contributed by atoms with Crippen molar-refractivity contribution in [2.75, 3.05) is 0 Å². The molecule has 3 aromatic rings. The fourth-order valence-corrected chi connectivity index (χ4v) is 3.15. The highest BCUT2D eigenvalue weighted by Crippen LogP contribution is 2.36. The standard InChI is InChI=1S/C16H11ClF3N5S/c1-2-7-25-13(12-5-3-4-6-21-12)23-24-15(25)26-14-11(17)8-10(9-22-14)16(18,19)20/h2-6,8-9H,1,7H2. The lowest BCUT2D eigenvalue weighted by atomic mass is 10.3. The molecule has 0 unspecified atom stereocenters. The van der Waals surface area contributed by atoms with Crippen LogP contribution in [0.3, 0.4) is 0 Å². The smallest absolute Gasteiger partial charge is 0.297 e. The molecule has 0 N–H and O–H groups in total. The molecule has 0 radical (unpaired) electrons. The minimum atomic E-state index is -4.51. The van der Waals surface area contributed by atoms with Gasteiger partial charge in [0.1, 0.15) is 10.7 Å². The predicted molar refractivity (Wildman–Crippen MR) is 91.8 cm³/mol. The molecule has 10 heteroatoms. The summed E-state index contributed by atoms with van der Waals surface area (Å²) in [6.45, 7) is 4.09. The highest BCUT2D eigenvalue weighted by molar-refractivity contribution is 7.99. The molecular formula is C16H11ClF3N5S. The van der Waals surface area contributed by atoms with Gasteiger partial charge in [-0.2, -0.15) is 13.2 Å². The van der Waals surface area contributed by atoms with Gasteiger partial charge in [0.15, 0.2) is 11.0 Å². The topological polar surface area (TPSA) is 56.5 Å². The lowest BCUT2D eigenvalue weighted by molar-refractivity contribution is -0.137. The van der Waals surface area contributed by atoms with Crippen LogP contribution in [0.25, 0.3) is 11.5 Å². The van der Waals surface area contributed by atoms with E-state index in [-0.39, 0.29) is 10.0 Å². The largest absolute Gasteiger partial charge is 0.417 e. The van der Waals surface area contributed by atoms with Crippen LogP contribution in [0.4, 0.5) is 13.2 Å². The summed E-state index contributed by atoms with van der Waals surface area (Å²) in [6.07, 6.45) is -0.484. The van der Waals surface area contributed by atoms with Gasteiger partial charge in [-0.15, -0.1) is 16.8 Å². The molecule has 5 nitrogen and oxygen atoms in total. The highest BCUT2D eigenvalue weighted by atomic mass is 35.5. The van der Waals surface area contributed by atoms with E-state index >= 15 is 0 Å². The summed E-state index contributed by atoms with van der Waals surface area (Å²) in [4.78, 5) is 8.05. The molecule has 0 bridgehead atoms. The molecule has 134 valence electrons. The number of hydrogen-bond acceptors (Lipinski definition) is 5. The average Bonchev–Trinajstić information content (AvgIpc) is 2.99. The van der Waals surface area contributed by atoms with E-state index in [1.54, 1.807) is 29.0 Å². The zero-order valence-corrected chi connectivity index (χ0v) is 14.7. The maximum atomic E-state index is 12.7. The van der Waals surface area contributed by atoms with Crippen molar-refractivity contribution in [3.8, 4) is 11.5 Å². The molecule has 3 heterocycles. The maximum absolute atomic E-state index is 12.7. The van der Waals surface area contributed by atoms with Crippen LogP contribution in [0, 0.1) is 0 Å². The fourth-order valence-electron chi connectivity index (χ4n) is 2.08. The van der Waals surface area contributed by atoms with Gasteiger partial charge in [0.05, 0.1) is 10.6 Å². The monoisotopic (exact) mass is 397 g/mol. The predicted octanol–water partition coefficient (Wildman–Crippen LogP) is 4.74.